The molecule has 0 saturated carbocycles. The molecular formula is C22H22F2N6O3S. The maximum Gasteiger partial charge on any atom is 0.232 e. The molecule has 2 aromatic heterocycles. The van der Waals surface area contributed by atoms with Crippen LogP contribution in [0.3, 0.4) is 0 Å². The first-order valence-electron chi connectivity index (χ1n) is 10.5. The summed E-state index contributed by atoms with van der Waals surface area (Å²) in [5.41, 5.74) is 2.19. The second-order valence-electron chi connectivity index (χ2n) is 7.35. The number of nitrogens with one attached hydrogen (secondary N) is 2. The van der Waals surface area contributed by atoms with Crippen molar-refractivity contribution in [1.29, 1.82) is 0 Å². The summed E-state index contributed by atoms with van der Waals surface area (Å²) in [5.74, 6) is -1.21. The highest BCUT2D eigenvalue weighted by Crippen LogP contribution is 2.37. The molecule has 0 fully saturated rings. The second-order valence-corrected chi connectivity index (χ2v) is 9.36. The third-order valence-electron chi connectivity index (χ3n) is 4.92. The van der Waals surface area contributed by atoms with Crippen LogP contribution in [0.25, 0.3) is 16.9 Å². The Kier molecular flexibility index (Phi) is 6.33. The average Bonchev–Trinajstić information content (AvgIpc) is 3.17. The number of hydrogen-bond acceptors (Lipinski definition) is 7. The smallest absolute Gasteiger partial charge is 0.232 e. The molecule has 2 N–H and O–H groups in total. The molecule has 12 heteroatoms. The van der Waals surface area contributed by atoms with Crippen molar-refractivity contribution >= 4 is 27.0 Å². The quantitative estimate of drug-likeness (QED) is 0.379. The van der Waals surface area contributed by atoms with Crippen LogP contribution >= 0.6 is 0 Å². The van der Waals surface area contributed by atoms with Crippen LogP contribution in [0.15, 0.2) is 42.5 Å². The van der Waals surface area contributed by atoms with E-state index in [2.05, 4.69) is 25.3 Å². The third-order valence-corrected chi connectivity index (χ3v) is 6.22. The largest absolute Gasteiger partial charge is 0.454 e. The van der Waals surface area contributed by atoms with Gasteiger partial charge >= 0.3 is 0 Å². The van der Waals surface area contributed by atoms with Gasteiger partial charge in [0.05, 0.1) is 17.1 Å². The van der Waals surface area contributed by atoms with Crippen molar-refractivity contribution in [3.05, 3.63) is 59.9 Å². The van der Waals surface area contributed by atoms with Crippen molar-refractivity contribution in [1.82, 2.24) is 19.8 Å². The lowest BCUT2D eigenvalue weighted by molar-refractivity contribution is 0.439. The fourth-order valence-electron chi connectivity index (χ4n) is 3.25. The summed E-state index contributed by atoms with van der Waals surface area (Å²) >= 11 is 0. The minimum Gasteiger partial charge on any atom is -0.454 e. The Hall–Kier alpha value is -3.80. The first-order chi connectivity index (χ1) is 16.2. The van der Waals surface area contributed by atoms with Gasteiger partial charge in [0.2, 0.25) is 15.7 Å². The van der Waals surface area contributed by atoms with Gasteiger partial charge in [0.1, 0.15) is 11.6 Å². The number of anilines is 2. The van der Waals surface area contributed by atoms with Crippen LogP contribution < -0.4 is 14.8 Å². The second kappa shape index (κ2) is 9.21. The molecule has 0 aliphatic rings. The molecule has 0 saturated heterocycles. The average molecular weight is 489 g/mol. The maximum absolute atomic E-state index is 14.3. The summed E-state index contributed by atoms with van der Waals surface area (Å²) in [4.78, 5) is 0. The summed E-state index contributed by atoms with van der Waals surface area (Å²) < 4.78 is 61.7. The van der Waals surface area contributed by atoms with E-state index in [1.807, 2.05) is 6.92 Å². The summed E-state index contributed by atoms with van der Waals surface area (Å²) in [6.45, 7) is 5.78. The van der Waals surface area contributed by atoms with E-state index in [-0.39, 0.29) is 22.9 Å². The summed E-state index contributed by atoms with van der Waals surface area (Å²) in [5, 5.41) is 16.0. The lowest BCUT2D eigenvalue weighted by atomic mass is 10.1. The molecule has 0 atom stereocenters. The van der Waals surface area contributed by atoms with Gasteiger partial charge in [0.25, 0.3) is 0 Å². The first kappa shape index (κ1) is 23.4. The van der Waals surface area contributed by atoms with E-state index >= 15 is 0 Å². The van der Waals surface area contributed by atoms with Gasteiger partial charge in [-0.2, -0.15) is 9.61 Å². The van der Waals surface area contributed by atoms with Crippen LogP contribution in [0.5, 0.6) is 11.5 Å². The maximum atomic E-state index is 14.3. The standard InChI is InChI=1S/C22H22F2N6O3S/c1-4-25-19-12-18(28-30-13(3)26-27-22(19)30)16-11-15(29-34(31,32)5-2)7-9-20(16)33-21-8-6-14(23)10-17(21)24/h6-12,25,29H,4-5H2,1-3H3. The van der Waals surface area contributed by atoms with Crippen LogP contribution in [-0.4, -0.2) is 40.5 Å². The molecule has 4 aromatic rings. The molecule has 0 aliphatic carbocycles. The van der Waals surface area contributed by atoms with Crippen LogP contribution in [-0.2, 0) is 10.0 Å². The van der Waals surface area contributed by atoms with E-state index in [1.165, 1.54) is 31.2 Å². The van der Waals surface area contributed by atoms with E-state index in [1.54, 1.807) is 17.5 Å². The minimum absolute atomic E-state index is 0.115. The Morgan fingerprint density at radius 2 is 1.79 bits per heavy atom. The Bertz CT molecular complexity index is 1470. The van der Waals surface area contributed by atoms with Crippen LogP contribution in [0.4, 0.5) is 20.2 Å². The van der Waals surface area contributed by atoms with Crippen LogP contribution in [0.1, 0.15) is 19.7 Å². The van der Waals surface area contributed by atoms with Gasteiger partial charge in [-0.1, -0.05) is 0 Å². The van der Waals surface area contributed by atoms with Gasteiger partial charge in [-0.25, -0.2) is 17.2 Å². The number of ether oxygens (including phenoxy) is 1. The number of fused-ring (bicyclic) bond motifs is 1. The monoisotopic (exact) mass is 488 g/mol. The fourth-order valence-corrected chi connectivity index (χ4v) is 3.88. The number of halogens is 2. The Morgan fingerprint density at radius 1 is 1.03 bits per heavy atom. The molecule has 0 aliphatic heterocycles. The van der Waals surface area contributed by atoms with Crippen molar-refractivity contribution in [2.75, 3.05) is 22.3 Å². The molecule has 0 unspecified atom stereocenters. The van der Waals surface area contributed by atoms with Gasteiger partial charge < -0.3 is 10.1 Å². The number of rotatable bonds is 8. The molecule has 34 heavy (non-hydrogen) atoms. The Balaban J connectivity index is 1.89. The first-order valence-corrected chi connectivity index (χ1v) is 12.1. The Morgan fingerprint density at radius 3 is 2.50 bits per heavy atom. The SMILES string of the molecule is CCNc1cc(-c2cc(NS(=O)(=O)CC)ccc2Oc2ccc(F)cc2F)nn2c(C)nnc12. The van der Waals surface area contributed by atoms with Gasteiger partial charge in [-0.15, -0.1) is 10.2 Å². The molecule has 9 nitrogen and oxygen atoms in total. The number of sulfonamides is 1. The van der Waals surface area contributed by atoms with E-state index in [9.17, 15) is 17.2 Å². The summed E-state index contributed by atoms with van der Waals surface area (Å²) in [7, 11) is -3.55. The van der Waals surface area contributed by atoms with Crippen molar-refractivity contribution < 1.29 is 21.9 Å². The van der Waals surface area contributed by atoms with Gasteiger partial charge in [0.15, 0.2) is 17.4 Å². The molecule has 2 heterocycles. The highest BCUT2D eigenvalue weighted by atomic mass is 32.2. The summed E-state index contributed by atoms with van der Waals surface area (Å²) in [6.07, 6.45) is 0. The van der Waals surface area contributed by atoms with Gasteiger partial charge in [0, 0.05) is 23.9 Å². The predicted octanol–water partition coefficient (Wildman–Crippen LogP) is 4.36. The highest BCUT2D eigenvalue weighted by molar-refractivity contribution is 7.92. The van der Waals surface area contributed by atoms with Crippen LogP contribution in [0.2, 0.25) is 0 Å². The molecule has 4 rings (SSSR count). The number of hydrogen-bond donors (Lipinski definition) is 2. The zero-order valence-corrected chi connectivity index (χ0v) is 19.4. The number of nitrogens with zero attached hydrogens (tertiary/aromatic N) is 4. The van der Waals surface area contributed by atoms with Crippen molar-refractivity contribution in [2.45, 2.75) is 20.8 Å². The summed E-state index contributed by atoms with van der Waals surface area (Å²) in [6, 6.07) is 9.20. The molecule has 0 bridgehead atoms. The van der Waals surface area contributed by atoms with E-state index in [0.29, 0.717) is 41.0 Å². The van der Waals surface area contributed by atoms with E-state index < -0.39 is 21.7 Å². The number of benzene rings is 2. The minimum atomic E-state index is -3.55. The normalized spacial score (nSPS) is 11.6. The van der Waals surface area contributed by atoms with Gasteiger partial charge in [-0.3, -0.25) is 4.72 Å². The molecule has 0 amide bonds. The zero-order chi connectivity index (χ0) is 24.5. The van der Waals surface area contributed by atoms with Crippen molar-refractivity contribution in [3.8, 4) is 22.8 Å². The molecule has 0 radical (unpaired) electrons. The van der Waals surface area contributed by atoms with Crippen LogP contribution in [0, 0.1) is 18.6 Å². The lowest BCUT2D eigenvalue weighted by Gasteiger charge is -2.15. The van der Waals surface area contributed by atoms with Crippen molar-refractivity contribution in [3.63, 3.8) is 0 Å². The predicted molar refractivity (Wildman–Crippen MR) is 125 cm³/mol. The topological polar surface area (TPSA) is 111 Å². The molecule has 178 valence electrons. The lowest BCUT2D eigenvalue weighted by Crippen LogP contribution is -2.14. The third kappa shape index (κ3) is 4.76. The molecule has 0 spiro atoms. The van der Waals surface area contributed by atoms with E-state index in [4.69, 9.17) is 4.74 Å². The number of aryl methyl sites for hydroxylation is 1. The molecular weight excluding hydrogens is 466 g/mol. The van der Waals surface area contributed by atoms with Crippen molar-refractivity contribution in [2.24, 2.45) is 0 Å². The zero-order valence-electron chi connectivity index (χ0n) is 18.6. The van der Waals surface area contributed by atoms with Gasteiger partial charge in [-0.05, 0) is 57.2 Å². The highest BCUT2D eigenvalue weighted by Gasteiger charge is 2.18. The number of aromatic nitrogens is 4. The Labute approximate surface area is 194 Å². The van der Waals surface area contributed by atoms with E-state index in [0.717, 1.165) is 6.07 Å². The fraction of sp³-hybridized carbons (Fsp3) is 0.227. The molecule has 2 aromatic carbocycles.